The fourth-order valence-electron chi connectivity index (χ4n) is 3.85. The molecule has 3 rings (SSSR count). The molecule has 0 saturated carbocycles. The van der Waals surface area contributed by atoms with Gasteiger partial charge in [-0.15, -0.1) is 11.6 Å². The van der Waals surface area contributed by atoms with Crippen LogP contribution in [-0.2, 0) is 5.41 Å². The van der Waals surface area contributed by atoms with Gasteiger partial charge in [0, 0.05) is 49.9 Å². The lowest BCUT2D eigenvalue weighted by molar-refractivity contribution is 0.0641. The molecule has 1 aliphatic rings. The molecule has 0 spiro atoms. The number of piperazine rings is 1. The molecule has 1 heterocycles. The van der Waals surface area contributed by atoms with Gasteiger partial charge in [-0.05, 0) is 51.3 Å². The first-order valence-electron chi connectivity index (χ1n) is 11.6. The molecule has 1 saturated heterocycles. The van der Waals surface area contributed by atoms with Crippen LogP contribution in [0.4, 0.5) is 0 Å². The van der Waals surface area contributed by atoms with Crippen LogP contribution in [0.5, 0.6) is 11.5 Å². The van der Waals surface area contributed by atoms with Crippen LogP contribution >= 0.6 is 27.5 Å². The van der Waals surface area contributed by atoms with Crippen molar-refractivity contribution >= 4 is 27.5 Å². The van der Waals surface area contributed by atoms with E-state index in [1.165, 1.54) is 11.1 Å². The van der Waals surface area contributed by atoms with Gasteiger partial charge in [-0.25, -0.2) is 0 Å². The van der Waals surface area contributed by atoms with E-state index in [-0.39, 0.29) is 5.41 Å². The van der Waals surface area contributed by atoms with Crippen LogP contribution in [0.25, 0.3) is 0 Å². The molecule has 0 bridgehead atoms. The van der Waals surface area contributed by atoms with E-state index < -0.39 is 6.10 Å². The number of nitrogens with one attached hydrogen (secondary N) is 1. The summed E-state index contributed by atoms with van der Waals surface area (Å²) in [6.07, 6.45) is -0.496. The first-order valence-corrected chi connectivity index (χ1v) is 13.0. The van der Waals surface area contributed by atoms with Gasteiger partial charge in [0.2, 0.25) is 0 Å². The topological polar surface area (TPSA) is 54.0 Å². The molecule has 1 fully saturated rings. The smallest absolute Gasteiger partial charge is 0.133 e. The average Bonchev–Trinajstić information content (AvgIpc) is 2.82. The molecular weight excluding hydrogens is 504 g/mol. The highest BCUT2D eigenvalue weighted by atomic mass is 79.9. The van der Waals surface area contributed by atoms with Crippen LogP contribution < -0.4 is 14.8 Å². The van der Waals surface area contributed by atoms with Crippen molar-refractivity contribution < 1.29 is 14.6 Å². The number of aliphatic hydroxyl groups excluding tert-OH is 1. The predicted octanol–water partition coefficient (Wildman–Crippen LogP) is 4.67. The van der Waals surface area contributed by atoms with Gasteiger partial charge in [0.1, 0.15) is 24.2 Å². The maximum Gasteiger partial charge on any atom is 0.133 e. The summed E-state index contributed by atoms with van der Waals surface area (Å²) in [6.45, 7) is 11.9. The summed E-state index contributed by atoms with van der Waals surface area (Å²) in [5.74, 6) is 2.48. The summed E-state index contributed by atoms with van der Waals surface area (Å²) in [4.78, 5) is 2.27. The van der Waals surface area contributed by atoms with Gasteiger partial charge in [0.15, 0.2) is 0 Å². The van der Waals surface area contributed by atoms with Crippen LogP contribution in [-0.4, -0.2) is 67.9 Å². The van der Waals surface area contributed by atoms with Gasteiger partial charge in [-0.2, -0.15) is 0 Å². The molecule has 182 valence electrons. The quantitative estimate of drug-likeness (QED) is 0.406. The van der Waals surface area contributed by atoms with Gasteiger partial charge in [-0.3, -0.25) is 4.90 Å². The predicted molar refractivity (Wildman–Crippen MR) is 139 cm³/mol. The number of benzene rings is 2. The number of β-amino-alcohol motifs (C(OH)–C–C–N with tert-alkyl or cyclic N) is 1. The zero-order valence-electron chi connectivity index (χ0n) is 19.8. The Morgan fingerprint density at radius 3 is 2.36 bits per heavy atom. The van der Waals surface area contributed by atoms with E-state index in [0.717, 1.165) is 42.2 Å². The average molecular weight is 540 g/mol. The number of rotatable bonds is 11. The molecule has 2 aromatic carbocycles. The molecule has 0 radical (unpaired) electrons. The number of hydrogen-bond acceptors (Lipinski definition) is 5. The first kappa shape index (κ1) is 26.3. The van der Waals surface area contributed by atoms with E-state index in [2.05, 4.69) is 71.2 Å². The normalized spacial score (nSPS) is 16.9. The fraction of sp³-hybridized carbons (Fsp3) is 0.538. The van der Waals surface area contributed by atoms with Crippen molar-refractivity contribution in [2.75, 3.05) is 51.8 Å². The van der Waals surface area contributed by atoms with Crippen LogP contribution in [0.1, 0.15) is 31.9 Å². The zero-order valence-corrected chi connectivity index (χ0v) is 22.2. The molecule has 1 aliphatic heterocycles. The Hall–Kier alpha value is -1.31. The minimum Gasteiger partial charge on any atom is -0.492 e. The molecule has 0 unspecified atom stereocenters. The Bertz CT molecular complexity index is 872. The van der Waals surface area contributed by atoms with E-state index in [0.29, 0.717) is 31.6 Å². The van der Waals surface area contributed by atoms with Gasteiger partial charge in [0.25, 0.3) is 0 Å². The summed E-state index contributed by atoms with van der Waals surface area (Å²) in [7, 11) is 0. The second kappa shape index (κ2) is 12.4. The number of ether oxygens (including phenoxy) is 2. The number of aliphatic hydroxyl groups is 1. The minimum atomic E-state index is -0.496. The third kappa shape index (κ3) is 7.59. The van der Waals surface area contributed by atoms with Gasteiger partial charge >= 0.3 is 0 Å². The molecule has 2 aromatic rings. The second-order valence-electron chi connectivity index (χ2n) is 9.38. The standard InChI is InChI=1S/C26H36BrClN2O3/c1-19(15-28)17-33-25-9-6-21(14-24(25)27)26(2,3)20-4-7-23(8-5-20)32-18-22(31)16-30-12-10-29-11-13-30/h4-9,14,19,22,29,31H,10-13,15-18H2,1-3H3/t19-,22-/m0/s1. The highest BCUT2D eigenvalue weighted by Crippen LogP contribution is 2.36. The summed E-state index contributed by atoms with van der Waals surface area (Å²) in [5, 5.41) is 13.6. The molecule has 2 atom stereocenters. The maximum atomic E-state index is 10.3. The fourth-order valence-corrected chi connectivity index (χ4v) is 4.44. The largest absolute Gasteiger partial charge is 0.492 e. The Balaban J connectivity index is 1.57. The summed E-state index contributed by atoms with van der Waals surface area (Å²) >= 11 is 9.54. The van der Waals surface area contributed by atoms with Gasteiger partial charge in [0.05, 0.1) is 11.1 Å². The van der Waals surface area contributed by atoms with Crippen LogP contribution in [0, 0.1) is 5.92 Å². The second-order valence-corrected chi connectivity index (χ2v) is 10.5. The monoisotopic (exact) mass is 538 g/mol. The van der Waals surface area contributed by atoms with Crippen LogP contribution in [0.2, 0.25) is 0 Å². The molecule has 0 amide bonds. The minimum absolute atomic E-state index is 0.190. The van der Waals surface area contributed by atoms with Gasteiger partial charge < -0.3 is 19.9 Å². The lowest BCUT2D eigenvalue weighted by atomic mass is 9.78. The summed E-state index contributed by atoms with van der Waals surface area (Å²) < 4.78 is 12.7. The lowest BCUT2D eigenvalue weighted by Gasteiger charge is -2.29. The third-order valence-electron chi connectivity index (χ3n) is 6.14. The molecule has 5 nitrogen and oxygen atoms in total. The van der Waals surface area contributed by atoms with Gasteiger partial charge in [-0.1, -0.05) is 39.0 Å². The number of hydrogen-bond donors (Lipinski definition) is 2. The lowest BCUT2D eigenvalue weighted by Crippen LogP contribution is -2.47. The molecular formula is C26H36BrClN2O3. The van der Waals surface area contributed by atoms with Crippen LogP contribution in [0.3, 0.4) is 0 Å². The Labute approximate surface area is 211 Å². The Morgan fingerprint density at radius 2 is 1.73 bits per heavy atom. The van der Waals surface area contributed by atoms with Crippen molar-refractivity contribution in [2.24, 2.45) is 5.92 Å². The highest BCUT2D eigenvalue weighted by Gasteiger charge is 2.24. The van der Waals surface area contributed by atoms with Crippen molar-refractivity contribution in [1.82, 2.24) is 10.2 Å². The van der Waals surface area contributed by atoms with E-state index in [1.807, 2.05) is 18.2 Å². The van der Waals surface area contributed by atoms with E-state index in [4.69, 9.17) is 21.1 Å². The van der Waals surface area contributed by atoms with E-state index in [9.17, 15) is 5.11 Å². The number of halogens is 2. The maximum absolute atomic E-state index is 10.3. The molecule has 0 aliphatic carbocycles. The van der Waals surface area contributed by atoms with Crippen molar-refractivity contribution in [2.45, 2.75) is 32.3 Å². The summed E-state index contributed by atoms with van der Waals surface area (Å²) in [5.41, 5.74) is 2.19. The number of nitrogens with zero attached hydrogens (tertiary/aromatic N) is 1. The number of alkyl halides is 1. The van der Waals surface area contributed by atoms with Crippen molar-refractivity contribution in [3.63, 3.8) is 0 Å². The zero-order chi connectivity index (χ0) is 23.8. The Morgan fingerprint density at radius 1 is 1.06 bits per heavy atom. The molecule has 33 heavy (non-hydrogen) atoms. The summed E-state index contributed by atoms with van der Waals surface area (Å²) in [6, 6.07) is 14.4. The SMILES string of the molecule is C[C@@H](CCl)COc1ccc(C(C)(C)c2ccc(OC[C@@H](O)CN3CCNCC3)cc2)cc1Br. The van der Waals surface area contributed by atoms with Crippen molar-refractivity contribution in [1.29, 1.82) is 0 Å². The van der Waals surface area contributed by atoms with Crippen LogP contribution in [0.15, 0.2) is 46.9 Å². The Kier molecular flexibility index (Phi) is 9.89. The van der Waals surface area contributed by atoms with Crippen molar-refractivity contribution in [3.05, 3.63) is 58.1 Å². The van der Waals surface area contributed by atoms with E-state index in [1.54, 1.807) is 0 Å². The highest BCUT2D eigenvalue weighted by molar-refractivity contribution is 9.10. The molecule has 7 heteroatoms. The van der Waals surface area contributed by atoms with E-state index >= 15 is 0 Å². The molecule has 2 N–H and O–H groups in total. The van der Waals surface area contributed by atoms with Crippen molar-refractivity contribution in [3.8, 4) is 11.5 Å². The first-order chi connectivity index (χ1) is 15.8. The molecule has 0 aromatic heterocycles. The third-order valence-corrected chi connectivity index (χ3v) is 7.28.